The molecule has 3 aromatic rings. The summed E-state index contributed by atoms with van der Waals surface area (Å²) in [5, 5.41) is 13.5. The Morgan fingerprint density at radius 2 is 2.06 bits per heavy atom. The number of aryl methyl sites for hydroxylation is 1. The summed E-state index contributed by atoms with van der Waals surface area (Å²) in [6, 6.07) is 8.20. The minimum absolute atomic E-state index is 0.165. The highest BCUT2D eigenvalue weighted by atomic mass is 32.1. The highest BCUT2D eigenvalue weighted by molar-refractivity contribution is 7.20. The molecule has 7 nitrogen and oxygen atoms in total. The van der Waals surface area contributed by atoms with Gasteiger partial charge in [-0.15, -0.1) is 11.3 Å². The van der Waals surface area contributed by atoms with Crippen LogP contribution in [0.25, 0.3) is 15.9 Å². The molecule has 0 fully saturated rings. The van der Waals surface area contributed by atoms with Crippen molar-refractivity contribution in [3.8, 4) is 11.8 Å². The van der Waals surface area contributed by atoms with Gasteiger partial charge in [0.05, 0.1) is 29.4 Å². The summed E-state index contributed by atoms with van der Waals surface area (Å²) in [6.45, 7) is 1.43. The number of esters is 1. The Hall–Kier alpha value is -3.39. The first-order valence-electron chi connectivity index (χ1n) is 9.06. The second-order valence-corrected chi connectivity index (χ2v) is 7.70. The van der Waals surface area contributed by atoms with Crippen LogP contribution in [0.1, 0.15) is 27.3 Å². The maximum Gasteiger partial charge on any atom is 0.416 e. The first-order chi connectivity index (χ1) is 14.6. The number of fused-ring (bicyclic) bond motifs is 1. The zero-order valence-electron chi connectivity index (χ0n) is 16.6. The van der Waals surface area contributed by atoms with Gasteiger partial charge in [-0.1, -0.05) is 6.07 Å². The van der Waals surface area contributed by atoms with Crippen molar-refractivity contribution in [3.63, 3.8) is 0 Å². The number of nitrogens with zero attached hydrogens (tertiary/aromatic N) is 4. The maximum absolute atomic E-state index is 13.1. The average Bonchev–Trinajstić information content (AvgIpc) is 3.30. The monoisotopic (exact) mass is 450 g/mol. The molecule has 3 rings (SSSR count). The lowest BCUT2D eigenvalue weighted by Gasteiger charge is -2.14. The third kappa shape index (κ3) is 4.86. The van der Waals surface area contributed by atoms with Crippen molar-refractivity contribution in [1.82, 2.24) is 14.7 Å². The minimum atomic E-state index is -4.49. The van der Waals surface area contributed by atoms with Crippen molar-refractivity contribution in [2.45, 2.75) is 19.5 Å². The van der Waals surface area contributed by atoms with Crippen LogP contribution in [0, 0.1) is 18.3 Å². The van der Waals surface area contributed by atoms with Gasteiger partial charge in [0.2, 0.25) is 0 Å². The number of rotatable bonds is 6. The van der Waals surface area contributed by atoms with E-state index in [9.17, 15) is 22.8 Å². The van der Waals surface area contributed by atoms with Crippen molar-refractivity contribution in [2.75, 3.05) is 20.2 Å². The lowest BCUT2D eigenvalue weighted by atomic mass is 10.2. The van der Waals surface area contributed by atoms with E-state index < -0.39 is 30.2 Å². The van der Waals surface area contributed by atoms with E-state index in [0.717, 1.165) is 23.5 Å². The van der Waals surface area contributed by atoms with E-state index >= 15 is 0 Å². The maximum atomic E-state index is 13.1. The molecule has 0 unspecified atom stereocenters. The quantitative estimate of drug-likeness (QED) is 0.531. The molecule has 0 atom stereocenters. The van der Waals surface area contributed by atoms with Crippen LogP contribution < -0.4 is 0 Å². The van der Waals surface area contributed by atoms with Crippen LogP contribution in [0.5, 0.6) is 0 Å². The standard InChI is InChI=1S/C20H17F3N4O3S/c1-12-15-10-16(19(29)30-11-17(28)26(2)8-4-7-24)31-18(15)27(25-12)14-6-3-5-13(9-14)20(21,22)23/h3,5-6,9-10H,4,8,11H2,1-2H3. The molecule has 0 aliphatic carbocycles. The topological polar surface area (TPSA) is 88.2 Å². The van der Waals surface area contributed by atoms with Gasteiger partial charge in [-0.05, 0) is 31.2 Å². The smallest absolute Gasteiger partial charge is 0.416 e. The van der Waals surface area contributed by atoms with Crippen LogP contribution in [0.3, 0.4) is 0 Å². The van der Waals surface area contributed by atoms with Gasteiger partial charge in [0.25, 0.3) is 5.91 Å². The van der Waals surface area contributed by atoms with E-state index in [1.165, 1.54) is 28.8 Å². The summed E-state index contributed by atoms with van der Waals surface area (Å²) in [4.78, 5) is 26.3. The third-order valence-corrected chi connectivity index (χ3v) is 5.57. The van der Waals surface area contributed by atoms with Crippen LogP contribution in [0.4, 0.5) is 13.2 Å². The molecule has 11 heteroatoms. The number of alkyl halides is 3. The van der Waals surface area contributed by atoms with Crippen LogP contribution in [0.15, 0.2) is 30.3 Å². The molecular formula is C20H17F3N4O3S. The highest BCUT2D eigenvalue weighted by Crippen LogP contribution is 2.33. The molecule has 0 radical (unpaired) electrons. The number of carbonyl (C=O) groups excluding carboxylic acids is 2. The predicted molar refractivity (Wildman–Crippen MR) is 107 cm³/mol. The van der Waals surface area contributed by atoms with Crippen molar-refractivity contribution in [3.05, 3.63) is 46.5 Å². The number of carbonyl (C=O) groups is 2. The van der Waals surface area contributed by atoms with Crippen LogP contribution in [-0.4, -0.2) is 46.8 Å². The molecule has 0 saturated heterocycles. The van der Waals surface area contributed by atoms with Crippen molar-refractivity contribution < 1.29 is 27.5 Å². The lowest BCUT2D eigenvalue weighted by Crippen LogP contribution is -2.31. The highest BCUT2D eigenvalue weighted by Gasteiger charge is 2.31. The van der Waals surface area contributed by atoms with E-state index in [1.807, 2.05) is 6.07 Å². The van der Waals surface area contributed by atoms with Crippen LogP contribution in [0.2, 0.25) is 0 Å². The normalized spacial score (nSPS) is 11.4. The fourth-order valence-electron chi connectivity index (χ4n) is 2.79. The first-order valence-corrected chi connectivity index (χ1v) is 9.88. The molecule has 162 valence electrons. The predicted octanol–water partition coefficient (Wildman–Crippen LogP) is 3.94. The number of ether oxygens (including phenoxy) is 1. The summed E-state index contributed by atoms with van der Waals surface area (Å²) < 4.78 is 45.6. The Bertz CT molecular complexity index is 1180. The molecule has 1 aromatic carbocycles. The number of benzene rings is 1. The summed E-state index contributed by atoms with van der Waals surface area (Å²) in [5.74, 6) is -1.17. The van der Waals surface area contributed by atoms with Gasteiger partial charge in [0.15, 0.2) is 6.61 Å². The van der Waals surface area contributed by atoms with Gasteiger partial charge >= 0.3 is 12.1 Å². The minimum Gasteiger partial charge on any atom is -0.451 e. The van der Waals surface area contributed by atoms with E-state index in [0.29, 0.717) is 15.9 Å². The number of hydrogen-bond acceptors (Lipinski definition) is 6. The zero-order chi connectivity index (χ0) is 22.8. The molecule has 0 aliphatic heterocycles. The number of nitriles is 1. The summed E-state index contributed by atoms with van der Waals surface area (Å²) >= 11 is 1.01. The SMILES string of the molecule is Cc1nn(-c2cccc(C(F)(F)F)c2)c2sc(C(=O)OCC(=O)N(C)CCC#N)cc12. The molecule has 0 bridgehead atoms. The molecule has 0 N–H and O–H groups in total. The van der Waals surface area contributed by atoms with Gasteiger partial charge in [0, 0.05) is 19.0 Å². The summed E-state index contributed by atoms with van der Waals surface area (Å²) in [6.07, 6.45) is -4.33. The van der Waals surface area contributed by atoms with Crippen molar-refractivity contribution >= 4 is 33.4 Å². The van der Waals surface area contributed by atoms with E-state index in [1.54, 1.807) is 13.0 Å². The van der Waals surface area contributed by atoms with Crippen LogP contribution >= 0.6 is 11.3 Å². The molecule has 0 saturated carbocycles. The Balaban J connectivity index is 1.82. The molecule has 0 spiro atoms. The largest absolute Gasteiger partial charge is 0.451 e. The van der Waals surface area contributed by atoms with Crippen molar-refractivity contribution in [2.24, 2.45) is 0 Å². The zero-order valence-corrected chi connectivity index (χ0v) is 17.4. The van der Waals surface area contributed by atoms with Gasteiger partial charge in [-0.25, -0.2) is 9.48 Å². The number of halogens is 3. The molecular weight excluding hydrogens is 433 g/mol. The van der Waals surface area contributed by atoms with Gasteiger partial charge in [0.1, 0.15) is 9.71 Å². The molecule has 2 aromatic heterocycles. The number of hydrogen-bond donors (Lipinski definition) is 0. The van der Waals surface area contributed by atoms with Gasteiger partial charge < -0.3 is 9.64 Å². The number of amides is 1. The first kappa shape index (κ1) is 22.3. The summed E-state index contributed by atoms with van der Waals surface area (Å²) in [7, 11) is 1.50. The number of aromatic nitrogens is 2. The Labute approximate surface area is 179 Å². The third-order valence-electron chi connectivity index (χ3n) is 4.48. The van der Waals surface area contributed by atoms with E-state index in [-0.39, 0.29) is 23.5 Å². The molecule has 2 heterocycles. The van der Waals surface area contributed by atoms with Crippen molar-refractivity contribution in [1.29, 1.82) is 5.26 Å². The molecule has 1 amide bonds. The fraction of sp³-hybridized carbons (Fsp3) is 0.300. The second-order valence-electron chi connectivity index (χ2n) is 6.67. The van der Waals surface area contributed by atoms with Gasteiger partial charge in [-0.2, -0.15) is 23.5 Å². The average molecular weight is 450 g/mol. The van der Waals surface area contributed by atoms with Crippen LogP contribution in [-0.2, 0) is 15.7 Å². The number of likely N-dealkylation sites (N-methyl/N-ethyl adjacent to an activating group) is 1. The lowest BCUT2D eigenvalue weighted by molar-refractivity contribution is -0.137. The Kier molecular flexibility index (Phi) is 6.31. The molecule has 31 heavy (non-hydrogen) atoms. The second kappa shape index (κ2) is 8.77. The Morgan fingerprint density at radius 1 is 1.32 bits per heavy atom. The fourth-order valence-corrected chi connectivity index (χ4v) is 3.86. The number of thiophene rings is 1. The van der Waals surface area contributed by atoms with E-state index in [2.05, 4.69) is 5.10 Å². The van der Waals surface area contributed by atoms with E-state index in [4.69, 9.17) is 10.00 Å². The van der Waals surface area contributed by atoms with Gasteiger partial charge in [-0.3, -0.25) is 4.79 Å². The summed E-state index contributed by atoms with van der Waals surface area (Å²) in [5.41, 5.74) is -0.0551. The molecule has 0 aliphatic rings. The Morgan fingerprint density at radius 3 is 2.74 bits per heavy atom.